The number of carbonyl (C=O) groups is 2. The molecule has 5 rings (SSSR count). The Morgan fingerprint density at radius 2 is 1.90 bits per heavy atom. The number of nitrogens with one attached hydrogen (secondary N) is 1. The Morgan fingerprint density at radius 1 is 1.21 bits per heavy atom. The summed E-state index contributed by atoms with van der Waals surface area (Å²) in [5, 5.41) is 3.26. The number of nitrogens with zero attached hydrogens (tertiary/aromatic N) is 4. The molecule has 1 saturated heterocycles. The lowest BCUT2D eigenvalue weighted by Crippen LogP contribution is -2.66. The van der Waals surface area contributed by atoms with E-state index in [0.29, 0.717) is 5.92 Å². The fourth-order valence-electron chi connectivity index (χ4n) is 5.95. The van der Waals surface area contributed by atoms with E-state index in [9.17, 15) is 9.59 Å². The molecule has 2 saturated carbocycles. The number of hydrogen-bond donors (Lipinski definition) is 1. The molecule has 2 aliphatic heterocycles. The van der Waals surface area contributed by atoms with Crippen LogP contribution in [-0.2, 0) is 15.1 Å². The molecule has 7 heteroatoms. The third-order valence-corrected chi connectivity index (χ3v) is 7.52. The molecule has 2 aliphatic carbocycles. The van der Waals surface area contributed by atoms with Gasteiger partial charge in [0.1, 0.15) is 5.82 Å². The van der Waals surface area contributed by atoms with Gasteiger partial charge in [0.25, 0.3) is 0 Å². The SMILES string of the molecule is CN(C)C(C(=O)N1CC2(CC(NC(=O)C3CC(C)(C)C3)c3nccn32)C1)C1CC1. The first-order valence-electron chi connectivity index (χ1n) is 11.0. The Labute approximate surface area is 172 Å². The van der Waals surface area contributed by atoms with E-state index in [1.165, 1.54) is 0 Å². The average Bonchev–Trinajstić information content (AvgIpc) is 3.18. The Bertz CT molecular complexity index is 824. The van der Waals surface area contributed by atoms with Gasteiger partial charge in [-0.25, -0.2) is 4.98 Å². The van der Waals surface area contributed by atoms with E-state index < -0.39 is 0 Å². The van der Waals surface area contributed by atoms with Gasteiger partial charge in [-0.05, 0) is 51.1 Å². The van der Waals surface area contributed by atoms with Crippen molar-refractivity contribution in [2.24, 2.45) is 17.3 Å². The Kier molecular flexibility index (Phi) is 4.15. The van der Waals surface area contributed by atoms with Gasteiger partial charge in [-0.2, -0.15) is 0 Å². The zero-order chi connectivity index (χ0) is 20.6. The number of hydrogen-bond acceptors (Lipinski definition) is 4. The molecular formula is C22H33N5O2. The highest BCUT2D eigenvalue weighted by atomic mass is 16.2. The van der Waals surface area contributed by atoms with Crippen LogP contribution in [0, 0.1) is 17.3 Å². The largest absolute Gasteiger partial charge is 0.346 e. The summed E-state index contributed by atoms with van der Waals surface area (Å²) in [6.45, 7) is 5.87. The highest BCUT2D eigenvalue weighted by Gasteiger charge is 2.56. The van der Waals surface area contributed by atoms with Gasteiger partial charge in [0.15, 0.2) is 0 Å². The summed E-state index contributed by atoms with van der Waals surface area (Å²) in [6, 6.07) is -0.0416. The average molecular weight is 400 g/mol. The minimum absolute atomic E-state index is 0.00785. The highest BCUT2D eigenvalue weighted by Crippen LogP contribution is 2.48. The van der Waals surface area contributed by atoms with Crippen LogP contribution in [0.5, 0.6) is 0 Å². The second-order valence-corrected chi connectivity index (χ2v) is 10.9. The van der Waals surface area contributed by atoms with Crippen LogP contribution in [0.3, 0.4) is 0 Å². The van der Waals surface area contributed by atoms with Gasteiger partial charge in [-0.3, -0.25) is 14.5 Å². The lowest BCUT2D eigenvalue weighted by atomic mass is 9.64. The normalized spacial score (nSPS) is 28.0. The summed E-state index contributed by atoms with van der Waals surface area (Å²) in [6.07, 6.45) is 8.90. The number of imidazole rings is 1. The zero-order valence-corrected chi connectivity index (χ0v) is 18.0. The fraction of sp³-hybridized carbons (Fsp3) is 0.773. The molecule has 2 amide bonds. The standard InChI is InChI=1S/C22H33N5O2/c1-21(2)9-15(10-21)19(28)24-16-11-22(27-8-7-23-18(16)27)12-26(13-22)20(29)17(25(3)4)14-5-6-14/h7-8,14-17H,5-6,9-13H2,1-4H3,(H,24,28). The van der Waals surface area contributed by atoms with E-state index in [1.54, 1.807) is 0 Å². The molecule has 1 aromatic rings. The summed E-state index contributed by atoms with van der Waals surface area (Å²) in [5.41, 5.74) is 0.176. The van der Waals surface area contributed by atoms with Crippen LogP contribution < -0.4 is 5.32 Å². The van der Waals surface area contributed by atoms with E-state index >= 15 is 0 Å². The van der Waals surface area contributed by atoms with Gasteiger partial charge in [-0.15, -0.1) is 0 Å². The minimum atomic E-state index is -0.112. The number of amides is 2. The second kappa shape index (κ2) is 6.30. The number of fused-ring (bicyclic) bond motifs is 2. The third-order valence-electron chi connectivity index (χ3n) is 7.52. The van der Waals surface area contributed by atoms with Crippen molar-refractivity contribution < 1.29 is 9.59 Å². The fourth-order valence-corrected chi connectivity index (χ4v) is 5.95. The van der Waals surface area contributed by atoms with Gasteiger partial charge in [0.2, 0.25) is 11.8 Å². The molecule has 4 aliphatic rings. The first-order valence-corrected chi connectivity index (χ1v) is 11.0. The maximum absolute atomic E-state index is 13.1. The van der Waals surface area contributed by atoms with Gasteiger partial charge in [0, 0.05) is 37.8 Å². The van der Waals surface area contributed by atoms with E-state index in [1.807, 2.05) is 31.4 Å². The zero-order valence-electron chi connectivity index (χ0n) is 18.0. The van der Waals surface area contributed by atoms with Crippen molar-refractivity contribution in [1.82, 2.24) is 24.7 Å². The number of likely N-dealkylation sites (tertiary alicyclic amines) is 1. The Hall–Kier alpha value is -1.89. The van der Waals surface area contributed by atoms with Crippen molar-refractivity contribution in [3.63, 3.8) is 0 Å². The van der Waals surface area contributed by atoms with Crippen molar-refractivity contribution in [3.05, 3.63) is 18.2 Å². The third kappa shape index (κ3) is 3.09. The van der Waals surface area contributed by atoms with Crippen LogP contribution in [-0.4, -0.2) is 64.4 Å². The highest BCUT2D eigenvalue weighted by molar-refractivity contribution is 5.84. The Morgan fingerprint density at radius 3 is 2.48 bits per heavy atom. The smallest absolute Gasteiger partial charge is 0.240 e. The summed E-state index contributed by atoms with van der Waals surface area (Å²) in [4.78, 5) is 34.4. The first-order chi connectivity index (χ1) is 13.7. The molecule has 7 nitrogen and oxygen atoms in total. The maximum atomic E-state index is 13.1. The molecule has 2 atom stereocenters. The molecule has 158 valence electrons. The van der Waals surface area contributed by atoms with E-state index in [-0.39, 0.29) is 40.8 Å². The van der Waals surface area contributed by atoms with Gasteiger partial charge < -0.3 is 14.8 Å². The lowest BCUT2D eigenvalue weighted by Gasteiger charge is -2.50. The van der Waals surface area contributed by atoms with Gasteiger partial charge >= 0.3 is 0 Å². The molecular weight excluding hydrogens is 366 g/mol. The van der Waals surface area contributed by atoms with Crippen molar-refractivity contribution >= 4 is 11.8 Å². The van der Waals surface area contributed by atoms with E-state index in [2.05, 4.69) is 33.6 Å². The first kappa shape index (κ1) is 19.1. The van der Waals surface area contributed by atoms with E-state index in [4.69, 9.17) is 0 Å². The predicted octanol–water partition coefficient (Wildman–Crippen LogP) is 1.76. The predicted molar refractivity (Wildman–Crippen MR) is 109 cm³/mol. The quantitative estimate of drug-likeness (QED) is 0.819. The summed E-state index contributed by atoms with van der Waals surface area (Å²) in [5.74, 6) is 2.00. The molecule has 1 N–H and O–H groups in total. The second-order valence-electron chi connectivity index (χ2n) is 10.9. The van der Waals surface area contributed by atoms with Crippen LogP contribution in [0.25, 0.3) is 0 Å². The van der Waals surface area contributed by atoms with Gasteiger partial charge in [0.05, 0.1) is 17.6 Å². The number of carbonyl (C=O) groups excluding carboxylic acids is 2. The molecule has 1 spiro atoms. The molecule has 2 unspecified atom stereocenters. The molecule has 0 aromatic carbocycles. The van der Waals surface area contributed by atoms with E-state index in [0.717, 1.165) is 51.0 Å². The molecule has 1 aromatic heterocycles. The Balaban J connectivity index is 1.25. The number of rotatable bonds is 5. The number of likely N-dealkylation sites (N-methyl/N-ethyl adjacent to an activating group) is 1. The summed E-state index contributed by atoms with van der Waals surface area (Å²) < 4.78 is 2.22. The monoisotopic (exact) mass is 399 g/mol. The maximum Gasteiger partial charge on any atom is 0.240 e. The molecule has 29 heavy (non-hydrogen) atoms. The lowest BCUT2D eigenvalue weighted by molar-refractivity contribution is -0.148. The molecule has 3 heterocycles. The summed E-state index contributed by atoms with van der Waals surface area (Å²) >= 11 is 0. The topological polar surface area (TPSA) is 70.5 Å². The molecule has 0 radical (unpaired) electrons. The van der Waals surface area contributed by atoms with Crippen molar-refractivity contribution in [3.8, 4) is 0 Å². The molecule has 3 fully saturated rings. The van der Waals surface area contributed by atoms with Crippen molar-refractivity contribution in [2.45, 2.75) is 63.6 Å². The molecule has 0 bridgehead atoms. The van der Waals surface area contributed by atoms with Crippen molar-refractivity contribution in [2.75, 3.05) is 27.2 Å². The van der Waals surface area contributed by atoms with Crippen molar-refractivity contribution in [1.29, 1.82) is 0 Å². The van der Waals surface area contributed by atoms with Gasteiger partial charge in [-0.1, -0.05) is 13.8 Å². The number of aromatic nitrogens is 2. The van der Waals surface area contributed by atoms with Crippen LogP contribution in [0.4, 0.5) is 0 Å². The summed E-state index contributed by atoms with van der Waals surface area (Å²) in [7, 11) is 4.01. The van der Waals surface area contributed by atoms with Crippen LogP contribution in [0.1, 0.15) is 57.8 Å². The van der Waals surface area contributed by atoms with Crippen LogP contribution >= 0.6 is 0 Å². The van der Waals surface area contributed by atoms with Crippen LogP contribution in [0.15, 0.2) is 12.4 Å². The van der Waals surface area contributed by atoms with Crippen LogP contribution in [0.2, 0.25) is 0 Å². The minimum Gasteiger partial charge on any atom is -0.346 e.